The van der Waals surface area contributed by atoms with E-state index in [4.69, 9.17) is 9.47 Å². The molecule has 0 bridgehead atoms. The minimum Gasteiger partial charge on any atom is -0.485 e. The van der Waals surface area contributed by atoms with Gasteiger partial charge in [-0.15, -0.1) is 0 Å². The Kier molecular flexibility index (Phi) is 2.72. The van der Waals surface area contributed by atoms with Crippen LogP contribution in [0.1, 0.15) is 0 Å². The smallest absolute Gasteiger partial charge is 0.191 e. The summed E-state index contributed by atoms with van der Waals surface area (Å²) in [4.78, 5) is 11.3. The summed E-state index contributed by atoms with van der Waals surface area (Å²) in [6, 6.07) is 7.34. The molecule has 3 nitrogen and oxygen atoms in total. The zero-order chi connectivity index (χ0) is 9.97. The fourth-order valence-electron chi connectivity index (χ4n) is 1.26. The average molecular weight is 257 g/mol. The Bertz CT molecular complexity index is 351. The molecule has 1 aliphatic rings. The molecule has 0 radical (unpaired) electrons. The van der Waals surface area contributed by atoms with Gasteiger partial charge in [-0.1, -0.05) is 28.1 Å². The van der Waals surface area contributed by atoms with Gasteiger partial charge >= 0.3 is 0 Å². The van der Waals surface area contributed by atoms with Crippen molar-refractivity contribution in [1.29, 1.82) is 0 Å². The summed E-state index contributed by atoms with van der Waals surface area (Å²) < 4.78 is 10.9. The van der Waals surface area contributed by atoms with E-state index in [0.29, 0.717) is 23.4 Å². The molecule has 0 amide bonds. The van der Waals surface area contributed by atoms with Crippen molar-refractivity contribution in [2.45, 2.75) is 6.10 Å². The van der Waals surface area contributed by atoms with Crippen LogP contribution in [0.25, 0.3) is 0 Å². The van der Waals surface area contributed by atoms with Crippen molar-refractivity contribution >= 4 is 21.7 Å². The average Bonchev–Trinajstić information content (AvgIpc) is 2.27. The van der Waals surface area contributed by atoms with Gasteiger partial charge in [-0.25, -0.2) is 0 Å². The van der Waals surface area contributed by atoms with Gasteiger partial charge in [0.25, 0.3) is 0 Å². The Hall–Kier alpha value is -1.03. The number of ketones is 1. The number of para-hydroxylation sites is 2. The van der Waals surface area contributed by atoms with Crippen molar-refractivity contribution in [1.82, 2.24) is 0 Å². The minimum absolute atomic E-state index is 0.000460. The van der Waals surface area contributed by atoms with E-state index in [-0.39, 0.29) is 5.78 Å². The number of rotatable bonds is 2. The van der Waals surface area contributed by atoms with E-state index < -0.39 is 6.10 Å². The van der Waals surface area contributed by atoms with E-state index in [2.05, 4.69) is 15.9 Å². The molecule has 1 heterocycles. The molecule has 74 valence electrons. The summed E-state index contributed by atoms with van der Waals surface area (Å²) in [6.45, 7) is 0.293. The second kappa shape index (κ2) is 4.00. The number of hydrogen-bond donors (Lipinski definition) is 0. The van der Waals surface area contributed by atoms with Gasteiger partial charge in [-0.3, -0.25) is 4.79 Å². The molecular formula is C10H9BrO3. The number of benzene rings is 1. The number of hydrogen-bond acceptors (Lipinski definition) is 3. The second-order valence-corrected chi connectivity index (χ2v) is 3.52. The predicted molar refractivity (Wildman–Crippen MR) is 55.2 cm³/mol. The Balaban J connectivity index is 2.17. The first kappa shape index (κ1) is 9.52. The third-order valence-electron chi connectivity index (χ3n) is 2.00. The lowest BCUT2D eigenvalue weighted by molar-refractivity contribution is -0.125. The van der Waals surface area contributed by atoms with Crippen LogP contribution in [0.2, 0.25) is 0 Å². The predicted octanol–water partition coefficient (Wildman–Crippen LogP) is 1.79. The highest BCUT2D eigenvalue weighted by Gasteiger charge is 2.25. The van der Waals surface area contributed by atoms with Gasteiger partial charge in [0.15, 0.2) is 23.4 Å². The van der Waals surface area contributed by atoms with Gasteiger partial charge < -0.3 is 9.47 Å². The van der Waals surface area contributed by atoms with Crippen molar-refractivity contribution in [2.75, 3.05) is 11.9 Å². The van der Waals surface area contributed by atoms with Gasteiger partial charge in [0, 0.05) is 0 Å². The molecule has 0 spiro atoms. The van der Waals surface area contributed by atoms with Crippen molar-refractivity contribution in [3.05, 3.63) is 24.3 Å². The largest absolute Gasteiger partial charge is 0.485 e. The molecule has 14 heavy (non-hydrogen) atoms. The Morgan fingerprint density at radius 1 is 1.43 bits per heavy atom. The molecule has 0 N–H and O–H groups in total. The van der Waals surface area contributed by atoms with E-state index in [1.54, 1.807) is 6.07 Å². The number of alkyl halides is 1. The van der Waals surface area contributed by atoms with Gasteiger partial charge in [0.1, 0.15) is 6.61 Å². The normalized spacial score (nSPS) is 19.1. The Morgan fingerprint density at radius 2 is 2.14 bits per heavy atom. The number of carbonyl (C=O) groups excluding carboxylic acids is 1. The van der Waals surface area contributed by atoms with Crippen LogP contribution in [0.3, 0.4) is 0 Å². The van der Waals surface area contributed by atoms with Gasteiger partial charge in [-0.2, -0.15) is 0 Å². The van der Waals surface area contributed by atoms with Crippen LogP contribution in [-0.4, -0.2) is 23.8 Å². The summed E-state index contributed by atoms with van der Waals surface area (Å²) in [5.74, 6) is 1.34. The van der Waals surface area contributed by atoms with Gasteiger partial charge in [0.05, 0.1) is 5.33 Å². The fourth-order valence-corrected chi connectivity index (χ4v) is 1.63. The molecule has 1 aliphatic heterocycles. The molecule has 4 heteroatoms. The molecule has 1 atom stereocenters. The van der Waals surface area contributed by atoms with E-state index in [1.165, 1.54) is 0 Å². The van der Waals surface area contributed by atoms with Crippen molar-refractivity contribution in [3.63, 3.8) is 0 Å². The van der Waals surface area contributed by atoms with Crippen molar-refractivity contribution in [2.24, 2.45) is 0 Å². The van der Waals surface area contributed by atoms with Crippen LogP contribution >= 0.6 is 15.9 Å². The number of fused-ring (bicyclic) bond motifs is 1. The first-order chi connectivity index (χ1) is 6.81. The van der Waals surface area contributed by atoms with Crippen LogP contribution in [-0.2, 0) is 4.79 Å². The monoisotopic (exact) mass is 256 g/mol. The van der Waals surface area contributed by atoms with Crippen LogP contribution in [0.5, 0.6) is 11.5 Å². The molecule has 0 aromatic heterocycles. The molecule has 1 aromatic carbocycles. The maximum atomic E-state index is 11.3. The molecular weight excluding hydrogens is 248 g/mol. The number of Topliss-reactive ketones (excluding diaryl/α,β-unsaturated/α-hetero) is 1. The number of carbonyl (C=O) groups is 1. The zero-order valence-electron chi connectivity index (χ0n) is 7.40. The van der Waals surface area contributed by atoms with E-state index >= 15 is 0 Å². The van der Waals surface area contributed by atoms with Crippen molar-refractivity contribution < 1.29 is 14.3 Å². The second-order valence-electron chi connectivity index (χ2n) is 2.96. The highest BCUT2D eigenvalue weighted by Crippen LogP contribution is 2.30. The SMILES string of the molecule is O=C(CBr)[C@H]1COc2ccccc2O1. The molecule has 0 aliphatic carbocycles. The minimum atomic E-state index is -0.482. The number of ether oxygens (including phenoxy) is 2. The van der Waals surface area contributed by atoms with Crippen LogP contribution in [0.4, 0.5) is 0 Å². The molecule has 0 saturated carbocycles. The first-order valence-electron chi connectivity index (χ1n) is 4.28. The summed E-state index contributed by atoms with van der Waals surface area (Å²) >= 11 is 3.11. The zero-order valence-corrected chi connectivity index (χ0v) is 8.99. The topological polar surface area (TPSA) is 35.5 Å². The molecule has 0 unspecified atom stereocenters. The maximum Gasteiger partial charge on any atom is 0.191 e. The third-order valence-corrected chi connectivity index (χ3v) is 2.55. The summed E-state index contributed by atoms with van der Waals surface area (Å²) in [5, 5.41) is 0.295. The van der Waals surface area contributed by atoms with Gasteiger partial charge in [-0.05, 0) is 12.1 Å². The summed E-state index contributed by atoms with van der Waals surface area (Å²) in [6.07, 6.45) is -0.482. The van der Waals surface area contributed by atoms with E-state index in [1.807, 2.05) is 18.2 Å². The van der Waals surface area contributed by atoms with E-state index in [9.17, 15) is 4.79 Å². The quantitative estimate of drug-likeness (QED) is 0.758. The summed E-state index contributed by atoms with van der Waals surface area (Å²) in [5.41, 5.74) is 0. The van der Waals surface area contributed by atoms with Crippen LogP contribution in [0, 0.1) is 0 Å². The van der Waals surface area contributed by atoms with Crippen LogP contribution < -0.4 is 9.47 Å². The first-order valence-corrected chi connectivity index (χ1v) is 5.40. The summed E-state index contributed by atoms with van der Waals surface area (Å²) in [7, 11) is 0. The number of halogens is 1. The van der Waals surface area contributed by atoms with Crippen molar-refractivity contribution in [3.8, 4) is 11.5 Å². The molecule has 1 aromatic rings. The molecule has 0 saturated heterocycles. The Labute approximate surface area is 90.1 Å². The lowest BCUT2D eigenvalue weighted by Crippen LogP contribution is -2.37. The third kappa shape index (κ3) is 1.75. The highest BCUT2D eigenvalue weighted by molar-refractivity contribution is 9.09. The van der Waals surface area contributed by atoms with Gasteiger partial charge in [0.2, 0.25) is 0 Å². The Morgan fingerprint density at radius 3 is 2.86 bits per heavy atom. The fraction of sp³-hybridized carbons (Fsp3) is 0.300. The lowest BCUT2D eigenvalue weighted by Gasteiger charge is -2.24. The van der Waals surface area contributed by atoms with E-state index in [0.717, 1.165) is 0 Å². The van der Waals surface area contributed by atoms with Crippen LogP contribution in [0.15, 0.2) is 24.3 Å². The molecule has 0 fully saturated rings. The standard InChI is InChI=1S/C10H9BrO3/c11-5-7(12)10-6-13-8-3-1-2-4-9(8)14-10/h1-4,10H,5-6H2/t10-/m1/s1. The lowest BCUT2D eigenvalue weighted by atomic mass is 10.2. The maximum absolute atomic E-state index is 11.3. The molecule has 2 rings (SSSR count). The highest BCUT2D eigenvalue weighted by atomic mass is 79.9.